The predicted molar refractivity (Wildman–Crippen MR) is 105 cm³/mol. The lowest BCUT2D eigenvalue weighted by Crippen LogP contribution is -2.41. The Hall–Kier alpha value is -3.87. The summed E-state index contributed by atoms with van der Waals surface area (Å²) in [6.45, 7) is 1.61. The van der Waals surface area contributed by atoms with Crippen LogP contribution in [-0.2, 0) is 4.79 Å². The average Bonchev–Trinajstić information content (AvgIpc) is 3.39. The molecule has 0 aliphatic heterocycles. The molecule has 2 aromatic heterocycles. The summed E-state index contributed by atoms with van der Waals surface area (Å²) in [5.74, 6) is -0.590. The first-order valence-electron chi connectivity index (χ1n) is 8.79. The van der Waals surface area contributed by atoms with E-state index < -0.39 is 11.9 Å². The fraction of sp³-hybridized carbons (Fsp3) is 0.0952. The van der Waals surface area contributed by atoms with E-state index in [0.717, 1.165) is 16.7 Å². The van der Waals surface area contributed by atoms with Crippen molar-refractivity contribution in [1.82, 2.24) is 14.9 Å². The molecule has 0 radical (unpaired) electrons. The molecule has 1 unspecified atom stereocenters. The fourth-order valence-corrected chi connectivity index (χ4v) is 2.86. The fourth-order valence-electron chi connectivity index (χ4n) is 2.86. The number of furan rings is 1. The van der Waals surface area contributed by atoms with E-state index in [9.17, 15) is 9.59 Å². The smallest absolute Gasteiger partial charge is 0.287 e. The molecule has 1 atom stereocenters. The zero-order chi connectivity index (χ0) is 19.5. The van der Waals surface area contributed by atoms with Gasteiger partial charge in [-0.05, 0) is 55.5 Å². The molecule has 0 saturated heterocycles. The lowest BCUT2D eigenvalue weighted by molar-refractivity contribution is -0.117. The van der Waals surface area contributed by atoms with E-state index in [1.165, 1.54) is 6.26 Å². The van der Waals surface area contributed by atoms with Gasteiger partial charge in [0.25, 0.3) is 5.91 Å². The van der Waals surface area contributed by atoms with Crippen LogP contribution in [0.1, 0.15) is 17.5 Å². The van der Waals surface area contributed by atoms with Crippen LogP contribution in [0.4, 0.5) is 5.69 Å². The molecule has 2 aromatic carbocycles. The van der Waals surface area contributed by atoms with Gasteiger partial charge in [0.15, 0.2) is 5.76 Å². The monoisotopic (exact) mass is 374 g/mol. The summed E-state index contributed by atoms with van der Waals surface area (Å²) in [5.41, 5.74) is 3.50. The number of anilines is 1. The Morgan fingerprint density at radius 3 is 2.57 bits per heavy atom. The van der Waals surface area contributed by atoms with E-state index in [2.05, 4.69) is 15.6 Å². The molecule has 7 nitrogen and oxygen atoms in total. The minimum atomic E-state index is -0.713. The molecule has 2 heterocycles. The molecular weight excluding hydrogens is 356 g/mol. The zero-order valence-electron chi connectivity index (χ0n) is 15.1. The number of imidazole rings is 1. The normalized spacial score (nSPS) is 11.9. The Balaban J connectivity index is 1.42. The number of carbonyl (C=O) groups excluding carboxylic acids is 2. The van der Waals surface area contributed by atoms with Crippen molar-refractivity contribution in [2.45, 2.75) is 13.0 Å². The number of amides is 2. The number of benzene rings is 2. The highest BCUT2D eigenvalue weighted by atomic mass is 16.3. The summed E-state index contributed by atoms with van der Waals surface area (Å²) in [7, 11) is 0. The highest BCUT2D eigenvalue weighted by Gasteiger charge is 2.18. The van der Waals surface area contributed by atoms with Crippen LogP contribution >= 0.6 is 0 Å². The number of nitrogens with zero attached hydrogens (tertiary/aromatic N) is 2. The van der Waals surface area contributed by atoms with Gasteiger partial charge in [0.1, 0.15) is 12.4 Å². The van der Waals surface area contributed by atoms with Crippen LogP contribution in [0, 0.1) is 0 Å². The second-order valence-electron chi connectivity index (χ2n) is 6.31. The summed E-state index contributed by atoms with van der Waals surface area (Å²) in [5, 5.41) is 5.39. The third-order valence-corrected chi connectivity index (χ3v) is 4.35. The van der Waals surface area contributed by atoms with Crippen LogP contribution in [-0.4, -0.2) is 27.4 Å². The van der Waals surface area contributed by atoms with Gasteiger partial charge in [-0.25, -0.2) is 4.98 Å². The standard InChI is InChI=1S/C21H18N4O3/c1-14(23-21(27)19-7-4-12-28-19)20(26)24-15-8-10-16(11-9-15)25-13-22-17-5-2-3-6-18(17)25/h2-14H,1H3,(H,23,27)(H,24,26). The third-order valence-electron chi connectivity index (χ3n) is 4.35. The Bertz CT molecular complexity index is 1110. The van der Waals surface area contributed by atoms with E-state index in [0.29, 0.717) is 5.69 Å². The average molecular weight is 374 g/mol. The summed E-state index contributed by atoms with van der Waals surface area (Å²) in [6.07, 6.45) is 3.18. The van der Waals surface area contributed by atoms with Crippen molar-refractivity contribution in [3.8, 4) is 5.69 Å². The number of para-hydroxylation sites is 2. The largest absolute Gasteiger partial charge is 0.459 e. The molecule has 0 saturated carbocycles. The van der Waals surface area contributed by atoms with Crippen LogP contribution in [0.5, 0.6) is 0 Å². The number of fused-ring (bicyclic) bond motifs is 1. The maximum absolute atomic E-state index is 12.3. The summed E-state index contributed by atoms with van der Waals surface area (Å²) in [4.78, 5) is 28.7. The molecule has 0 bridgehead atoms. The minimum absolute atomic E-state index is 0.163. The molecule has 2 N–H and O–H groups in total. The second-order valence-corrected chi connectivity index (χ2v) is 6.31. The molecule has 0 aliphatic rings. The number of hydrogen-bond acceptors (Lipinski definition) is 4. The minimum Gasteiger partial charge on any atom is -0.459 e. The van der Waals surface area contributed by atoms with Crippen molar-refractivity contribution < 1.29 is 14.0 Å². The topological polar surface area (TPSA) is 89.2 Å². The Labute approximate surface area is 161 Å². The predicted octanol–water partition coefficient (Wildman–Crippen LogP) is 3.38. The van der Waals surface area contributed by atoms with Gasteiger partial charge in [0.05, 0.1) is 17.3 Å². The lowest BCUT2D eigenvalue weighted by atomic mass is 10.2. The van der Waals surface area contributed by atoms with Crippen LogP contribution in [0.2, 0.25) is 0 Å². The third kappa shape index (κ3) is 3.50. The SMILES string of the molecule is CC(NC(=O)c1ccco1)C(=O)Nc1ccc(-n2cnc3ccccc32)cc1. The quantitative estimate of drug-likeness (QED) is 0.560. The van der Waals surface area contributed by atoms with Crippen LogP contribution in [0.25, 0.3) is 16.7 Å². The first-order valence-corrected chi connectivity index (χ1v) is 8.79. The van der Waals surface area contributed by atoms with Gasteiger partial charge in [-0.2, -0.15) is 0 Å². The first-order chi connectivity index (χ1) is 13.6. The van der Waals surface area contributed by atoms with E-state index in [-0.39, 0.29) is 11.7 Å². The van der Waals surface area contributed by atoms with Crippen molar-refractivity contribution >= 4 is 28.5 Å². The maximum Gasteiger partial charge on any atom is 0.287 e. The van der Waals surface area contributed by atoms with E-state index in [1.54, 1.807) is 25.4 Å². The molecule has 140 valence electrons. The van der Waals surface area contributed by atoms with Crippen molar-refractivity contribution in [2.75, 3.05) is 5.32 Å². The summed E-state index contributed by atoms with van der Waals surface area (Å²) in [6, 6.07) is 17.7. The van der Waals surface area contributed by atoms with Gasteiger partial charge in [-0.15, -0.1) is 0 Å². The van der Waals surface area contributed by atoms with Gasteiger partial charge in [0, 0.05) is 11.4 Å². The van der Waals surface area contributed by atoms with Gasteiger partial charge >= 0.3 is 0 Å². The van der Waals surface area contributed by atoms with Gasteiger partial charge in [-0.3, -0.25) is 14.2 Å². The highest BCUT2D eigenvalue weighted by molar-refractivity contribution is 5.99. The van der Waals surface area contributed by atoms with Gasteiger partial charge in [-0.1, -0.05) is 12.1 Å². The zero-order valence-corrected chi connectivity index (χ0v) is 15.1. The molecule has 4 rings (SSSR count). The highest BCUT2D eigenvalue weighted by Crippen LogP contribution is 2.19. The number of aromatic nitrogens is 2. The van der Waals surface area contributed by atoms with Crippen molar-refractivity contribution in [3.05, 3.63) is 79.0 Å². The van der Waals surface area contributed by atoms with Gasteiger partial charge < -0.3 is 15.1 Å². The summed E-state index contributed by atoms with van der Waals surface area (Å²) >= 11 is 0. The molecule has 4 aromatic rings. The Morgan fingerprint density at radius 2 is 1.82 bits per heavy atom. The van der Waals surface area contributed by atoms with Crippen LogP contribution in [0.15, 0.2) is 77.7 Å². The number of rotatable bonds is 5. The number of carbonyl (C=O) groups is 2. The lowest BCUT2D eigenvalue weighted by Gasteiger charge is -2.14. The molecule has 0 spiro atoms. The number of hydrogen-bond donors (Lipinski definition) is 2. The Morgan fingerprint density at radius 1 is 1.04 bits per heavy atom. The Kier molecular flexibility index (Phi) is 4.63. The van der Waals surface area contributed by atoms with Gasteiger partial charge in [0.2, 0.25) is 5.91 Å². The van der Waals surface area contributed by atoms with Crippen molar-refractivity contribution in [2.24, 2.45) is 0 Å². The van der Waals surface area contributed by atoms with Crippen LogP contribution < -0.4 is 10.6 Å². The molecule has 2 amide bonds. The van der Waals surface area contributed by atoms with Crippen molar-refractivity contribution in [3.63, 3.8) is 0 Å². The number of nitrogens with one attached hydrogen (secondary N) is 2. The first kappa shape index (κ1) is 17.5. The maximum atomic E-state index is 12.3. The van der Waals surface area contributed by atoms with E-state index in [1.807, 2.05) is 53.1 Å². The summed E-state index contributed by atoms with van der Waals surface area (Å²) < 4.78 is 7.00. The van der Waals surface area contributed by atoms with E-state index >= 15 is 0 Å². The molecule has 28 heavy (non-hydrogen) atoms. The molecule has 0 aliphatic carbocycles. The van der Waals surface area contributed by atoms with E-state index in [4.69, 9.17) is 4.42 Å². The van der Waals surface area contributed by atoms with Crippen molar-refractivity contribution in [1.29, 1.82) is 0 Å². The molecule has 0 fully saturated rings. The second kappa shape index (κ2) is 7.40. The molecule has 7 heteroatoms. The molecular formula is C21H18N4O3. The van der Waals surface area contributed by atoms with Crippen LogP contribution in [0.3, 0.4) is 0 Å².